The van der Waals surface area contributed by atoms with E-state index in [1.54, 1.807) is 0 Å². The Labute approximate surface area is 205 Å². The molecule has 0 atom stereocenters. The highest BCUT2D eigenvalue weighted by molar-refractivity contribution is 5.66. The molecule has 7 nitrogen and oxygen atoms in total. The van der Waals surface area contributed by atoms with Crippen LogP contribution in [0, 0.1) is 6.92 Å². The lowest BCUT2D eigenvalue weighted by Gasteiger charge is -2.19. The largest absolute Gasteiger partial charge is 0.492 e. The van der Waals surface area contributed by atoms with Crippen LogP contribution in [0.3, 0.4) is 0 Å². The van der Waals surface area contributed by atoms with Crippen molar-refractivity contribution in [2.45, 2.75) is 26.2 Å². The van der Waals surface area contributed by atoms with Gasteiger partial charge in [0.15, 0.2) is 23.0 Å². The number of aromatic nitrogens is 3. The van der Waals surface area contributed by atoms with Crippen LogP contribution >= 0.6 is 0 Å². The molecule has 0 unspecified atom stereocenters. The minimum absolute atomic E-state index is 0.565. The quantitative estimate of drug-likeness (QED) is 0.395. The zero-order valence-electron chi connectivity index (χ0n) is 20.1. The number of likely N-dealkylation sites (tertiary alicyclic amines) is 1. The SMILES string of the molecule is Cc1cc(Cc2nc3cccc(-c4ccc5c(c4)OCCO5)n3n2)ccc1OCCN1CCCC1. The molecule has 1 saturated heterocycles. The fraction of sp³-hybridized carbons (Fsp3) is 0.357. The van der Waals surface area contributed by atoms with E-state index in [4.69, 9.17) is 24.3 Å². The molecule has 2 aromatic heterocycles. The van der Waals surface area contributed by atoms with Crippen LogP contribution in [-0.4, -0.2) is 59.0 Å². The Balaban J connectivity index is 1.19. The summed E-state index contributed by atoms with van der Waals surface area (Å²) in [6.45, 7) is 7.38. The molecule has 180 valence electrons. The van der Waals surface area contributed by atoms with Crippen molar-refractivity contribution in [2.24, 2.45) is 0 Å². The molecule has 2 aromatic carbocycles. The summed E-state index contributed by atoms with van der Waals surface area (Å²) in [6.07, 6.45) is 3.28. The van der Waals surface area contributed by atoms with Gasteiger partial charge in [0.05, 0.1) is 5.69 Å². The van der Waals surface area contributed by atoms with Gasteiger partial charge in [0, 0.05) is 18.5 Å². The van der Waals surface area contributed by atoms with Crippen molar-refractivity contribution in [1.29, 1.82) is 0 Å². The van der Waals surface area contributed by atoms with Crippen LogP contribution in [0.15, 0.2) is 54.6 Å². The average Bonchev–Trinajstić information content (AvgIpc) is 3.54. The molecule has 7 heteroatoms. The summed E-state index contributed by atoms with van der Waals surface area (Å²) in [4.78, 5) is 7.26. The van der Waals surface area contributed by atoms with Crippen molar-refractivity contribution in [1.82, 2.24) is 19.5 Å². The number of fused-ring (bicyclic) bond motifs is 2. The minimum Gasteiger partial charge on any atom is -0.492 e. The molecule has 4 aromatic rings. The second-order valence-electron chi connectivity index (χ2n) is 9.24. The maximum Gasteiger partial charge on any atom is 0.162 e. The molecular weight excluding hydrogens is 440 g/mol. The third-order valence-corrected chi connectivity index (χ3v) is 6.71. The molecule has 0 spiro atoms. The highest BCUT2D eigenvalue weighted by Crippen LogP contribution is 2.34. The maximum atomic E-state index is 6.06. The van der Waals surface area contributed by atoms with Gasteiger partial charge in [0.25, 0.3) is 0 Å². The number of hydrogen-bond donors (Lipinski definition) is 0. The zero-order chi connectivity index (χ0) is 23.6. The van der Waals surface area contributed by atoms with E-state index in [2.05, 4.69) is 36.1 Å². The van der Waals surface area contributed by atoms with Crippen LogP contribution < -0.4 is 14.2 Å². The predicted octanol–water partition coefficient (Wildman–Crippen LogP) is 4.54. The fourth-order valence-electron chi connectivity index (χ4n) is 4.90. The molecule has 4 heterocycles. The van der Waals surface area contributed by atoms with Crippen LogP contribution in [-0.2, 0) is 6.42 Å². The van der Waals surface area contributed by atoms with Gasteiger partial charge < -0.3 is 14.2 Å². The summed E-state index contributed by atoms with van der Waals surface area (Å²) in [6, 6.07) is 18.4. The van der Waals surface area contributed by atoms with Gasteiger partial charge in [0.1, 0.15) is 25.6 Å². The highest BCUT2D eigenvalue weighted by atomic mass is 16.6. The molecule has 0 saturated carbocycles. The zero-order valence-corrected chi connectivity index (χ0v) is 20.1. The van der Waals surface area contributed by atoms with Crippen LogP contribution in [0.25, 0.3) is 16.9 Å². The first kappa shape index (κ1) is 21.9. The Bertz CT molecular complexity index is 1340. The number of pyridine rings is 1. The Morgan fingerprint density at radius 3 is 2.66 bits per heavy atom. The Kier molecular flexibility index (Phi) is 6.00. The van der Waals surface area contributed by atoms with Gasteiger partial charge >= 0.3 is 0 Å². The van der Waals surface area contributed by atoms with Crippen molar-refractivity contribution >= 4 is 5.65 Å². The lowest BCUT2D eigenvalue weighted by Crippen LogP contribution is -2.25. The topological polar surface area (TPSA) is 61.1 Å². The molecule has 0 N–H and O–H groups in total. The van der Waals surface area contributed by atoms with Gasteiger partial charge in [-0.3, -0.25) is 4.90 Å². The van der Waals surface area contributed by atoms with Crippen molar-refractivity contribution < 1.29 is 14.2 Å². The molecule has 0 amide bonds. The second kappa shape index (κ2) is 9.58. The first-order valence-corrected chi connectivity index (χ1v) is 12.4. The van der Waals surface area contributed by atoms with Crippen molar-refractivity contribution in [2.75, 3.05) is 39.5 Å². The van der Waals surface area contributed by atoms with E-state index in [9.17, 15) is 0 Å². The Morgan fingerprint density at radius 2 is 1.80 bits per heavy atom. The summed E-state index contributed by atoms with van der Waals surface area (Å²) >= 11 is 0. The van der Waals surface area contributed by atoms with Gasteiger partial charge in [-0.1, -0.05) is 18.2 Å². The van der Waals surface area contributed by atoms with Gasteiger partial charge in [-0.15, -0.1) is 0 Å². The van der Waals surface area contributed by atoms with Gasteiger partial charge in [0.2, 0.25) is 0 Å². The number of nitrogens with zero attached hydrogens (tertiary/aromatic N) is 4. The van der Waals surface area contributed by atoms with Crippen LogP contribution in [0.1, 0.15) is 29.8 Å². The van der Waals surface area contributed by atoms with E-state index in [0.29, 0.717) is 19.6 Å². The summed E-state index contributed by atoms with van der Waals surface area (Å²) < 4.78 is 19.4. The monoisotopic (exact) mass is 470 g/mol. The molecule has 2 aliphatic heterocycles. The van der Waals surface area contributed by atoms with E-state index in [1.807, 2.05) is 34.8 Å². The van der Waals surface area contributed by atoms with Gasteiger partial charge in [-0.05, 0) is 80.4 Å². The Morgan fingerprint density at radius 1 is 0.943 bits per heavy atom. The fourth-order valence-corrected chi connectivity index (χ4v) is 4.90. The third kappa shape index (κ3) is 4.68. The second-order valence-corrected chi connectivity index (χ2v) is 9.24. The number of rotatable bonds is 7. The van der Waals surface area contributed by atoms with Crippen molar-refractivity contribution in [3.05, 3.63) is 71.5 Å². The van der Waals surface area contributed by atoms with E-state index in [1.165, 1.54) is 31.5 Å². The van der Waals surface area contributed by atoms with Gasteiger partial charge in [-0.25, -0.2) is 9.50 Å². The van der Waals surface area contributed by atoms with Crippen LogP contribution in [0.4, 0.5) is 0 Å². The van der Waals surface area contributed by atoms with E-state index in [0.717, 1.165) is 58.7 Å². The normalized spacial score (nSPS) is 15.6. The number of hydrogen-bond acceptors (Lipinski definition) is 6. The highest BCUT2D eigenvalue weighted by Gasteiger charge is 2.16. The lowest BCUT2D eigenvalue weighted by atomic mass is 10.1. The molecule has 35 heavy (non-hydrogen) atoms. The maximum absolute atomic E-state index is 6.06. The lowest BCUT2D eigenvalue weighted by molar-refractivity contribution is 0.171. The summed E-state index contributed by atoms with van der Waals surface area (Å²) in [5, 5.41) is 4.84. The van der Waals surface area contributed by atoms with Crippen molar-refractivity contribution in [3.63, 3.8) is 0 Å². The van der Waals surface area contributed by atoms with E-state index in [-0.39, 0.29) is 0 Å². The standard InChI is InChI=1S/C28H30N4O3/c1-20-17-21(7-9-24(20)33-14-13-31-11-2-3-12-31)18-27-29-28-6-4-5-23(32(28)30-27)22-8-10-25-26(19-22)35-16-15-34-25/h4-10,17,19H,2-3,11-16,18H2,1H3. The summed E-state index contributed by atoms with van der Waals surface area (Å²) in [7, 11) is 0. The van der Waals surface area contributed by atoms with E-state index < -0.39 is 0 Å². The number of aryl methyl sites for hydroxylation is 1. The first-order chi connectivity index (χ1) is 17.2. The van der Waals surface area contributed by atoms with E-state index >= 15 is 0 Å². The van der Waals surface area contributed by atoms with Gasteiger partial charge in [-0.2, -0.15) is 5.10 Å². The third-order valence-electron chi connectivity index (χ3n) is 6.71. The summed E-state index contributed by atoms with van der Waals surface area (Å²) in [5.41, 5.74) is 5.13. The molecular formula is C28H30N4O3. The molecule has 2 aliphatic rings. The molecule has 0 aliphatic carbocycles. The molecule has 0 bridgehead atoms. The van der Waals surface area contributed by atoms with Crippen LogP contribution in [0.2, 0.25) is 0 Å². The molecule has 1 fully saturated rings. The smallest absolute Gasteiger partial charge is 0.162 e. The summed E-state index contributed by atoms with van der Waals surface area (Å²) in [5.74, 6) is 3.29. The number of ether oxygens (including phenoxy) is 3. The molecule has 0 radical (unpaired) electrons. The average molecular weight is 471 g/mol. The van der Waals surface area contributed by atoms with Crippen molar-refractivity contribution in [3.8, 4) is 28.5 Å². The van der Waals surface area contributed by atoms with Crippen LogP contribution in [0.5, 0.6) is 17.2 Å². The molecule has 6 rings (SSSR count). The first-order valence-electron chi connectivity index (χ1n) is 12.4. The predicted molar refractivity (Wildman–Crippen MR) is 135 cm³/mol. The minimum atomic E-state index is 0.565. The Hall–Kier alpha value is -3.58. The number of benzene rings is 2.